The molecule has 1 heterocycles. The molecule has 1 aliphatic rings. The molecule has 2 aromatic rings. The molecule has 0 atom stereocenters. The molecule has 0 fully saturated rings. The van der Waals surface area contributed by atoms with Crippen LogP contribution < -0.4 is 31.6 Å². The molecular formula is C22H25N5O6. The van der Waals surface area contributed by atoms with Gasteiger partial charge in [-0.3, -0.25) is 14.4 Å². The second-order valence-electron chi connectivity index (χ2n) is 7.03. The van der Waals surface area contributed by atoms with Crippen molar-refractivity contribution in [3.63, 3.8) is 0 Å². The van der Waals surface area contributed by atoms with Gasteiger partial charge in [0.1, 0.15) is 0 Å². The fourth-order valence-electron chi connectivity index (χ4n) is 2.95. The van der Waals surface area contributed by atoms with Crippen molar-refractivity contribution >= 4 is 29.4 Å². The Morgan fingerprint density at radius 3 is 2.67 bits per heavy atom. The Labute approximate surface area is 190 Å². The van der Waals surface area contributed by atoms with Crippen LogP contribution in [0, 0.1) is 0 Å². The SMILES string of the molecule is NC(N)=Nc1cccc(C(=O)NCC(=O)NCCC(=O)OCCc2ccc3c(c2)OCO3)c1. The maximum absolute atomic E-state index is 12.2. The van der Waals surface area contributed by atoms with Crippen LogP contribution in [0.4, 0.5) is 5.69 Å². The van der Waals surface area contributed by atoms with Crippen molar-refractivity contribution in [2.75, 3.05) is 26.5 Å². The number of ether oxygens (including phenoxy) is 3. The summed E-state index contributed by atoms with van der Waals surface area (Å²) in [6, 6.07) is 11.9. The van der Waals surface area contributed by atoms with Gasteiger partial charge in [-0.2, -0.15) is 0 Å². The zero-order chi connectivity index (χ0) is 23.6. The predicted octanol–water partition coefficient (Wildman–Crippen LogP) is 0.342. The molecule has 1 aliphatic heterocycles. The Balaban J connectivity index is 1.30. The molecule has 0 unspecified atom stereocenters. The van der Waals surface area contributed by atoms with Crippen molar-refractivity contribution in [1.82, 2.24) is 10.6 Å². The first kappa shape index (κ1) is 23.4. The number of amides is 2. The number of rotatable bonds is 10. The lowest BCUT2D eigenvalue weighted by Gasteiger charge is -2.08. The molecule has 2 amide bonds. The number of guanidine groups is 1. The molecule has 0 bridgehead atoms. The smallest absolute Gasteiger partial charge is 0.307 e. The first-order valence-electron chi connectivity index (χ1n) is 10.2. The summed E-state index contributed by atoms with van der Waals surface area (Å²) in [7, 11) is 0. The maximum atomic E-state index is 12.2. The minimum atomic E-state index is -0.458. The van der Waals surface area contributed by atoms with Gasteiger partial charge in [0, 0.05) is 18.5 Å². The number of esters is 1. The lowest BCUT2D eigenvalue weighted by molar-refractivity contribution is -0.143. The topological polar surface area (TPSA) is 167 Å². The number of fused-ring (bicyclic) bond motifs is 1. The molecule has 11 nitrogen and oxygen atoms in total. The van der Waals surface area contributed by atoms with E-state index in [9.17, 15) is 14.4 Å². The number of nitrogens with two attached hydrogens (primary N) is 2. The monoisotopic (exact) mass is 455 g/mol. The largest absolute Gasteiger partial charge is 0.465 e. The summed E-state index contributed by atoms with van der Waals surface area (Å²) >= 11 is 0. The molecule has 0 aliphatic carbocycles. The summed E-state index contributed by atoms with van der Waals surface area (Å²) in [4.78, 5) is 39.8. The second-order valence-corrected chi connectivity index (χ2v) is 7.03. The molecule has 0 aromatic heterocycles. The van der Waals surface area contributed by atoms with Crippen molar-refractivity contribution < 1.29 is 28.6 Å². The van der Waals surface area contributed by atoms with Gasteiger partial charge in [0.05, 0.1) is 25.3 Å². The van der Waals surface area contributed by atoms with E-state index in [1.54, 1.807) is 18.2 Å². The van der Waals surface area contributed by atoms with Gasteiger partial charge in [0.15, 0.2) is 17.5 Å². The first-order chi connectivity index (χ1) is 15.9. The Hall–Kier alpha value is -4.28. The number of nitrogens with one attached hydrogen (secondary N) is 2. The van der Waals surface area contributed by atoms with Gasteiger partial charge in [-0.1, -0.05) is 12.1 Å². The van der Waals surface area contributed by atoms with Gasteiger partial charge in [-0.25, -0.2) is 4.99 Å². The van der Waals surface area contributed by atoms with E-state index in [1.165, 1.54) is 6.07 Å². The summed E-state index contributed by atoms with van der Waals surface area (Å²) in [5, 5.41) is 5.04. The highest BCUT2D eigenvalue weighted by Crippen LogP contribution is 2.32. The van der Waals surface area contributed by atoms with Gasteiger partial charge in [0.25, 0.3) is 5.91 Å². The minimum Gasteiger partial charge on any atom is -0.465 e. The average molecular weight is 455 g/mol. The third-order valence-corrected chi connectivity index (χ3v) is 4.52. The molecule has 0 radical (unpaired) electrons. The molecule has 0 saturated carbocycles. The van der Waals surface area contributed by atoms with Gasteiger partial charge in [0.2, 0.25) is 12.7 Å². The number of aliphatic imine (C=N–C) groups is 1. The van der Waals surface area contributed by atoms with Crippen LogP contribution in [0.15, 0.2) is 47.5 Å². The van der Waals surface area contributed by atoms with Crippen molar-refractivity contribution in [3.8, 4) is 11.5 Å². The zero-order valence-corrected chi connectivity index (χ0v) is 17.8. The minimum absolute atomic E-state index is 0.0153. The number of carbonyl (C=O) groups excluding carboxylic acids is 3. The average Bonchev–Trinajstić information content (AvgIpc) is 3.25. The van der Waals surface area contributed by atoms with Crippen LogP contribution in [0.2, 0.25) is 0 Å². The third kappa shape index (κ3) is 7.42. The lowest BCUT2D eigenvalue weighted by atomic mass is 10.1. The first-order valence-corrected chi connectivity index (χ1v) is 10.2. The molecule has 6 N–H and O–H groups in total. The van der Waals surface area contributed by atoms with Crippen molar-refractivity contribution in [1.29, 1.82) is 0 Å². The number of nitrogens with zero attached hydrogens (tertiary/aromatic N) is 1. The highest BCUT2D eigenvalue weighted by molar-refractivity contribution is 5.97. The van der Waals surface area contributed by atoms with E-state index in [2.05, 4.69) is 15.6 Å². The second kappa shape index (κ2) is 11.4. The van der Waals surface area contributed by atoms with Gasteiger partial charge in [-0.05, 0) is 35.9 Å². The van der Waals surface area contributed by atoms with E-state index in [4.69, 9.17) is 25.7 Å². The molecular weight excluding hydrogens is 430 g/mol. The van der Waals surface area contributed by atoms with E-state index in [-0.39, 0.29) is 38.9 Å². The molecule has 0 spiro atoms. The van der Waals surface area contributed by atoms with Crippen LogP contribution in [0.5, 0.6) is 11.5 Å². The molecule has 174 valence electrons. The van der Waals surface area contributed by atoms with Crippen LogP contribution in [0.3, 0.4) is 0 Å². The quantitative estimate of drug-likeness (QED) is 0.226. The number of carbonyl (C=O) groups is 3. The predicted molar refractivity (Wildman–Crippen MR) is 119 cm³/mol. The van der Waals surface area contributed by atoms with Gasteiger partial charge >= 0.3 is 5.97 Å². The normalized spacial score (nSPS) is 11.4. The van der Waals surface area contributed by atoms with E-state index in [0.29, 0.717) is 29.2 Å². The summed E-state index contributed by atoms with van der Waals surface area (Å²) in [6.45, 7) is 0.263. The van der Waals surface area contributed by atoms with E-state index in [0.717, 1.165) is 5.56 Å². The summed E-state index contributed by atoms with van der Waals surface area (Å²) in [5.41, 5.74) is 12.3. The maximum Gasteiger partial charge on any atom is 0.307 e. The fraction of sp³-hybridized carbons (Fsp3) is 0.273. The Morgan fingerprint density at radius 1 is 1.03 bits per heavy atom. The van der Waals surface area contributed by atoms with E-state index < -0.39 is 17.8 Å². The number of hydrogen-bond acceptors (Lipinski definition) is 7. The van der Waals surface area contributed by atoms with Crippen LogP contribution in [0.1, 0.15) is 22.3 Å². The number of benzene rings is 2. The van der Waals surface area contributed by atoms with Crippen LogP contribution in [0.25, 0.3) is 0 Å². The highest BCUT2D eigenvalue weighted by Gasteiger charge is 2.13. The Kier molecular flexibility index (Phi) is 8.06. The number of hydrogen-bond donors (Lipinski definition) is 4. The van der Waals surface area contributed by atoms with Gasteiger partial charge in [-0.15, -0.1) is 0 Å². The zero-order valence-electron chi connectivity index (χ0n) is 17.8. The summed E-state index contributed by atoms with van der Waals surface area (Å²) < 4.78 is 15.7. The third-order valence-electron chi connectivity index (χ3n) is 4.52. The van der Waals surface area contributed by atoms with Crippen molar-refractivity contribution in [2.45, 2.75) is 12.8 Å². The van der Waals surface area contributed by atoms with Crippen molar-refractivity contribution in [3.05, 3.63) is 53.6 Å². The Bertz CT molecular complexity index is 1050. The molecule has 0 saturated heterocycles. The van der Waals surface area contributed by atoms with E-state index >= 15 is 0 Å². The van der Waals surface area contributed by atoms with E-state index in [1.807, 2.05) is 18.2 Å². The molecule has 33 heavy (non-hydrogen) atoms. The Morgan fingerprint density at radius 2 is 1.85 bits per heavy atom. The van der Waals surface area contributed by atoms with Crippen LogP contribution in [-0.4, -0.2) is 50.2 Å². The van der Waals surface area contributed by atoms with Crippen molar-refractivity contribution in [2.24, 2.45) is 16.5 Å². The van der Waals surface area contributed by atoms with Gasteiger partial charge < -0.3 is 36.3 Å². The van der Waals surface area contributed by atoms with Crippen LogP contribution >= 0.6 is 0 Å². The summed E-state index contributed by atoms with van der Waals surface area (Å²) in [6.07, 6.45) is 0.548. The molecule has 11 heteroatoms. The lowest BCUT2D eigenvalue weighted by Crippen LogP contribution is -2.37. The summed E-state index contributed by atoms with van der Waals surface area (Å²) in [5.74, 6) is -0.0788. The molecule has 3 rings (SSSR count). The fourth-order valence-corrected chi connectivity index (χ4v) is 2.95. The highest BCUT2D eigenvalue weighted by atomic mass is 16.7. The standard InChI is InChI=1S/C22H25N5O6/c23-22(24)27-16-3-1-2-15(11-16)21(30)26-12-19(28)25-8-6-20(29)31-9-7-14-4-5-17-18(10-14)33-13-32-17/h1-5,10-11H,6-9,12-13H2,(H,25,28)(H,26,30)(H4,23,24,27). The molecule has 2 aromatic carbocycles. The van der Waals surface area contributed by atoms with Crippen LogP contribution in [-0.2, 0) is 20.7 Å².